The molecule has 7 heteroatoms. The number of piperidine rings is 1. The van der Waals surface area contributed by atoms with Crippen molar-refractivity contribution in [1.82, 2.24) is 20.4 Å². The maximum absolute atomic E-state index is 11.5. The van der Waals surface area contributed by atoms with Crippen molar-refractivity contribution < 1.29 is 4.79 Å². The van der Waals surface area contributed by atoms with Crippen LogP contribution in [0.2, 0.25) is 0 Å². The number of nitrogens with one attached hydrogen (secondary N) is 2. The molecule has 1 amide bonds. The van der Waals surface area contributed by atoms with Crippen LogP contribution in [0.25, 0.3) is 0 Å². The van der Waals surface area contributed by atoms with E-state index < -0.39 is 0 Å². The van der Waals surface area contributed by atoms with E-state index >= 15 is 0 Å². The highest BCUT2D eigenvalue weighted by Gasteiger charge is 2.23. The number of hydrogen-bond acceptors (Lipinski definition) is 4. The number of thiophene rings is 1. The first-order valence-electron chi connectivity index (χ1n) is 9.63. The molecule has 0 spiro atoms. The van der Waals surface area contributed by atoms with Gasteiger partial charge in [0, 0.05) is 64.7 Å². The second-order valence-electron chi connectivity index (χ2n) is 7.18. The van der Waals surface area contributed by atoms with Crippen molar-refractivity contribution in [3.63, 3.8) is 0 Å². The number of likely N-dealkylation sites (tertiary alicyclic amines) is 1. The second-order valence-corrected chi connectivity index (χ2v) is 8.18. The van der Waals surface area contributed by atoms with E-state index in [2.05, 4.69) is 36.9 Å². The zero-order valence-electron chi connectivity index (χ0n) is 16.0. The summed E-state index contributed by atoms with van der Waals surface area (Å²) in [7, 11) is 3.57. The average molecular weight is 378 g/mol. The molecular formula is C19H31N5OS. The molecule has 0 aromatic carbocycles. The Kier molecular flexibility index (Phi) is 6.91. The topological polar surface area (TPSA) is 60.0 Å². The van der Waals surface area contributed by atoms with Crippen LogP contribution in [0.4, 0.5) is 0 Å². The van der Waals surface area contributed by atoms with Gasteiger partial charge < -0.3 is 15.5 Å². The van der Waals surface area contributed by atoms with Crippen LogP contribution < -0.4 is 10.6 Å². The van der Waals surface area contributed by atoms with Crippen LogP contribution in [0.1, 0.15) is 29.7 Å². The highest BCUT2D eigenvalue weighted by Crippen LogP contribution is 2.23. The Morgan fingerprint density at radius 3 is 2.88 bits per heavy atom. The van der Waals surface area contributed by atoms with Crippen LogP contribution in [0, 0.1) is 5.92 Å². The second kappa shape index (κ2) is 9.37. The molecule has 2 aliphatic heterocycles. The summed E-state index contributed by atoms with van der Waals surface area (Å²) in [6, 6.07) is 2.27. The van der Waals surface area contributed by atoms with Gasteiger partial charge in [-0.1, -0.05) is 0 Å². The van der Waals surface area contributed by atoms with Gasteiger partial charge in [-0.3, -0.25) is 14.7 Å². The van der Waals surface area contributed by atoms with Crippen LogP contribution in [0.3, 0.4) is 0 Å². The van der Waals surface area contributed by atoms with Gasteiger partial charge in [-0.2, -0.15) is 0 Å². The first-order valence-corrected chi connectivity index (χ1v) is 10.5. The van der Waals surface area contributed by atoms with Crippen molar-refractivity contribution in [2.45, 2.75) is 32.2 Å². The Morgan fingerprint density at radius 2 is 2.15 bits per heavy atom. The SMILES string of the molecule is CN=C(NCCN1CCc2sccc2C1)N1CCC(CC(=O)NC)CC1. The standard InChI is InChI=1S/C19H31N5OS/c1-20-18(25)13-15-3-9-24(10-4-15)19(21-2)22-7-11-23-8-5-17-16(14-23)6-12-26-17/h6,12,15H,3-5,7-11,13-14H2,1-2H3,(H,20,25)(H,21,22). The summed E-state index contributed by atoms with van der Waals surface area (Å²) >= 11 is 1.89. The molecule has 1 fully saturated rings. The third kappa shape index (κ3) is 4.98. The van der Waals surface area contributed by atoms with Gasteiger partial charge in [0.25, 0.3) is 0 Å². The molecule has 2 aliphatic rings. The summed E-state index contributed by atoms with van der Waals surface area (Å²) in [5.41, 5.74) is 1.50. The van der Waals surface area contributed by atoms with Gasteiger partial charge in [0.1, 0.15) is 0 Å². The first kappa shape index (κ1) is 19.2. The van der Waals surface area contributed by atoms with E-state index in [-0.39, 0.29) is 5.91 Å². The van der Waals surface area contributed by atoms with E-state index in [4.69, 9.17) is 0 Å². The molecule has 3 heterocycles. The smallest absolute Gasteiger partial charge is 0.220 e. The zero-order chi connectivity index (χ0) is 18.4. The number of fused-ring (bicyclic) bond motifs is 1. The molecule has 144 valence electrons. The lowest BCUT2D eigenvalue weighted by Crippen LogP contribution is -2.48. The van der Waals surface area contributed by atoms with Gasteiger partial charge in [-0.15, -0.1) is 11.3 Å². The van der Waals surface area contributed by atoms with Gasteiger partial charge >= 0.3 is 0 Å². The minimum atomic E-state index is 0.154. The third-order valence-electron chi connectivity index (χ3n) is 5.48. The minimum absolute atomic E-state index is 0.154. The van der Waals surface area contributed by atoms with Crippen LogP contribution in [0.15, 0.2) is 16.4 Å². The van der Waals surface area contributed by atoms with Crippen LogP contribution in [0.5, 0.6) is 0 Å². The van der Waals surface area contributed by atoms with Gasteiger partial charge in [-0.25, -0.2) is 0 Å². The Morgan fingerprint density at radius 1 is 1.35 bits per heavy atom. The number of carbonyl (C=O) groups is 1. The molecule has 1 aromatic heterocycles. The van der Waals surface area contributed by atoms with Crippen LogP contribution >= 0.6 is 11.3 Å². The number of aliphatic imine (C=N–C) groups is 1. The Hall–Kier alpha value is -1.60. The number of nitrogens with zero attached hydrogens (tertiary/aromatic N) is 3. The quantitative estimate of drug-likeness (QED) is 0.604. The average Bonchev–Trinajstić information content (AvgIpc) is 3.14. The monoisotopic (exact) mass is 377 g/mol. The molecule has 0 atom stereocenters. The molecule has 26 heavy (non-hydrogen) atoms. The molecule has 1 saturated heterocycles. The maximum Gasteiger partial charge on any atom is 0.220 e. The molecule has 0 radical (unpaired) electrons. The van der Waals surface area contributed by atoms with E-state index in [0.29, 0.717) is 12.3 Å². The molecular weight excluding hydrogens is 346 g/mol. The van der Waals surface area contributed by atoms with Crippen molar-refractivity contribution >= 4 is 23.2 Å². The highest BCUT2D eigenvalue weighted by molar-refractivity contribution is 7.10. The summed E-state index contributed by atoms with van der Waals surface area (Å²) in [5, 5.41) is 8.47. The molecule has 0 aliphatic carbocycles. The molecule has 6 nitrogen and oxygen atoms in total. The molecule has 1 aromatic rings. The van der Waals surface area contributed by atoms with E-state index in [1.807, 2.05) is 18.4 Å². The van der Waals surface area contributed by atoms with Gasteiger partial charge in [-0.05, 0) is 42.2 Å². The fourth-order valence-electron chi connectivity index (χ4n) is 3.87. The molecule has 3 rings (SSSR count). The summed E-state index contributed by atoms with van der Waals surface area (Å²) in [6.07, 6.45) is 3.94. The van der Waals surface area contributed by atoms with Gasteiger partial charge in [0.2, 0.25) is 5.91 Å². The summed E-state index contributed by atoms with van der Waals surface area (Å²) in [4.78, 5) is 22.4. The number of carbonyl (C=O) groups excluding carboxylic acids is 1. The minimum Gasteiger partial charge on any atom is -0.359 e. The Balaban J connectivity index is 1.38. The van der Waals surface area contributed by atoms with Crippen molar-refractivity contribution in [2.24, 2.45) is 10.9 Å². The largest absolute Gasteiger partial charge is 0.359 e. The number of amides is 1. The molecule has 0 bridgehead atoms. The lowest BCUT2D eigenvalue weighted by molar-refractivity contribution is -0.121. The van der Waals surface area contributed by atoms with E-state index in [1.165, 1.54) is 12.0 Å². The normalized spacial score (nSPS) is 19.3. The first-order chi connectivity index (χ1) is 12.7. The molecule has 0 unspecified atom stereocenters. The predicted octanol–water partition coefficient (Wildman–Crippen LogP) is 1.53. The maximum atomic E-state index is 11.5. The summed E-state index contributed by atoms with van der Waals surface area (Å²) in [6.45, 7) is 6.14. The number of hydrogen-bond donors (Lipinski definition) is 2. The summed E-state index contributed by atoms with van der Waals surface area (Å²) in [5.74, 6) is 1.65. The lowest BCUT2D eigenvalue weighted by atomic mass is 9.93. The van der Waals surface area contributed by atoms with Crippen molar-refractivity contribution in [3.05, 3.63) is 21.9 Å². The van der Waals surface area contributed by atoms with Crippen molar-refractivity contribution in [2.75, 3.05) is 46.8 Å². The van der Waals surface area contributed by atoms with E-state index in [9.17, 15) is 4.79 Å². The highest BCUT2D eigenvalue weighted by atomic mass is 32.1. The number of guanidine groups is 1. The van der Waals surface area contributed by atoms with Crippen LogP contribution in [-0.2, 0) is 17.8 Å². The van der Waals surface area contributed by atoms with E-state index in [1.54, 1.807) is 11.9 Å². The third-order valence-corrected chi connectivity index (χ3v) is 6.50. The van der Waals surface area contributed by atoms with Crippen molar-refractivity contribution in [3.8, 4) is 0 Å². The Labute approximate surface area is 160 Å². The molecule has 2 N–H and O–H groups in total. The molecule has 0 saturated carbocycles. The Bertz CT molecular complexity index is 621. The van der Waals surface area contributed by atoms with Gasteiger partial charge in [0.05, 0.1) is 0 Å². The van der Waals surface area contributed by atoms with Crippen LogP contribution in [-0.4, -0.2) is 68.5 Å². The van der Waals surface area contributed by atoms with Gasteiger partial charge in [0.15, 0.2) is 5.96 Å². The fraction of sp³-hybridized carbons (Fsp3) is 0.684. The zero-order valence-corrected chi connectivity index (χ0v) is 16.8. The fourth-order valence-corrected chi connectivity index (χ4v) is 4.76. The number of rotatable bonds is 5. The summed E-state index contributed by atoms with van der Waals surface area (Å²) < 4.78 is 0. The predicted molar refractivity (Wildman–Crippen MR) is 108 cm³/mol. The van der Waals surface area contributed by atoms with Crippen molar-refractivity contribution in [1.29, 1.82) is 0 Å². The lowest BCUT2D eigenvalue weighted by Gasteiger charge is -2.34. The van der Waals surface area contributed by atoms with E-state index in [0.717, 1.165) is 58.1 Å².